The summed E-state index contributed by atoms with van der Waals surface area (Å²) in [5.41, 5.74) is 7.48. The Hall–Kier alpha value is -1.43. The summed E-state index contributed by atoms with van der Waals surface area (Å²) in [5, 5.41) is 0. The third-order valence-electron chi connectivity index (χ3n) is 4.78. The number of hydrogen-bond donors (Lipinski definition) is 1. The minimum Gasteiger partial charge on any atom is -0.384 e. The first kappa shape index (κ1) is 12.6. The lowest BCUT2D eigenvalue weighted by atomic mass is 10.0. The smallest absolute Gasteiger partial charge is 0.127 e. The molecule has 0 unspecified atom stereocenters. The Morgan fingerprint density at radius 2 is 1.68 bits per heavy atom. The third kappa shape index (κ3) is 2.25. The summed E-state index contributed by atoms with van der Waals surface area (Å²) in [6, 6.07) is 0. The van der Waals surface area contributed by atoms with E-state index in [4.69, 9.17) is 17.1 Å². The van der Waals surface area contributed by atoms with Gasteiger partial charge in [0.1, 0.15) is 11.6 Å². The minimum atomic E-state index is 0.567. The molecule has 2 aliphatic carbocycles. The van der Waals surface area contributed by atoms with Gasteiger partial charge < -0.3 is 10.3 Å². The van der Waals surface area contributed by atoms with Crippen LogP contribution in [0, 0.1) is 12.3 Å². The topological polar surface area (TPSA) is 43.8 Å². The van der Waals surface area contributed by atoms with Crippen molar-refractivity contribution >= 4 is 5.82 Å². The van der Waals surface area contributed by atoms with Gasteiger partial charge in [-0.25, -0.2) is 4.98 Å². The first-order chi connectivity index (χ1) is 9.31. The molecular formula is C16H23N3. The first-order valence-electron chi connectivity index (χ1n) is 7.60. The van der Waals surface area contributed by atoms with Crippen molar-refractivity contribution in [3.63, 3.8) is 0 Å². The fourth-order valence-electron chi connectivity index (χ4n) is 3.76. The molecule has 1 aromatic heterocycles. The van der Waals surface area contributed by atoms with Gasteiger partial charge in [-0.1, -0.05) is 31.6 Å². The van der Waals surface area contributed by atoms with Crippen molar-refractivity contribution in [3.8, 4) is 12.3 Å². The van der Waals surface area contributed by atoms with Crippen molar-refractivity contribution in [3.05, 3.63) is 11.5 Å². The van der Waals surface area contributed by atoms with Crippen LogP contribution in [-0.2, 0) is 6.54 Å². The van der Waals surface area contributed by atoms with Gasteiger partial charge in [-0.3, -0.25) is 0 Å². The van der Waals surface area contributed by atoms with E-state index >= 15 is 0 Å². The van der Waals surface area contributed by atoms with Crippen molar-refractivity contribution in [2.75, 3.05) is 5.73 Å². The maximum atomic E-state index is 6.34. The van der Waals surface area contributed by atoms with Crippen molar-refractivity contribution in [1.29, 1.82) is 0 Å². The van der Waals surface area contributed by atoms with Crippen molar-refractivity contribution < 1.29 is 0 Å². The Kier molecular flexibility index (Phi) is 3.50. The van der Waals surface area contributed by atoms with Gasteiger partial charge in [0.2, 0.25) is 0 Å². The van der Waals surface area contributed by atoms with Gasteiger partial charge in [-0.05, 0) is 25.7 Å². The van der Waals surface area contributed by atoms with Crippen molar-refractivity contribution in [2.24, 2.45) is 0 Å². The first-order valence-corrected chi connectivity index (χ1v) is 7.60. The number of imidazole rings is 1. The number of terminal acetylenes is 1. The Labute approximate surface area is 115 Å². The molecule has 0 aromatic carbocycles. The Morgan fingerprint density at radius 3 is 2.26 bits per heavy atom. The molecule has 0 amide bonds. The second-order valence-corrected chi connectivity index (χ2v) is 5.99. The van der Waals surface area contributed by atoms with E-state index < -0.39 is 0 Å². The Balaban J connectivity index is 1.97. The maximum absolute atomic E-state index is 6.34. The van der Waals surface area contributed by atoms with E-state index in [9.17, 15) is 0 Å². The molecular weight excluding hydrogens is 234 g/mol. The van der Waals surface area contributed by atoms with E-state index in [1.54, 1.807) is 0 Å². The van der Waals surface area contributed by atoms with E-state index in [1.165, 1.54) is 51.4 Å². The lowest BCUT2D eigenvalue weighted by Crippen LogP contribution is -2.09. The molecule has 1 aromatic rings. The number of aromatic nitrogens is 2. The van der Waals surface area contributed by atoms with Gasteiger partial charge >= 0.3 is 0 Å². The predicted molar refractivity (Wildman–Crippen MR) is 77.9 cm³/mol. The average molecular weight is 257 g/mol. The van der Waals surface area contributed by atoms with Crippen LogP contribution < -0.4 is 5.73 Å². The molecule has 0 spiro atoms. The molecule has 2 fully saturated rings. The van der Waals surface area contributed by atoms with E-state index in [2.05, 4.69) is 10.5 Å². The van der Waals surface area contributed by atoms with Crippen LogP contribution in [0.25, 0.3) is 0 Å². The predicted octanol–water partition coefficient (Wildman–Crippen LogP) is 3.41. The number of anilines is 1. The Bertz CT molecular complexity index is 483. The molecule has 3 nitrogen and oxygen atoms in total. The minimum absolute atomic E-state index is 0.567. The molecule has 1 heterocycles. The molecule has 0 aliphatic heterocycles. The van der Waals surface area contributed by atoms with Crippen LogP contribution in [0.15, 0.2) is 0 Å². The van der Waals surface area contributed by atoms with Gasteiger partial charge in [0.15, 0.2) is 0 Å². The normalized spacial score (nSPS) is 21.0. The van der Waals surface area contributed by atoms with Gasteiger partial charge in [0, 0.05) is 11.8 Å². The van der Waals surface area contributed by atoms with Crippen LogP contribution in [0.4, 0.5) is 5.82 Å². The van der Waals surface area contributed by atoms with Crippen LogP contribution in [0.3, 0.4) is 0 Å². The molecule has 3 rings (SSSR count). The summed E-state index contributed by atoms with van der Waals surface area (Å²) in [7, 11) is 0. The SMILES string of the molecule is C#CCn1c(C2CCCC2)nc(C2CCCC2)c1N. The van der Waals surface area contributed by atoms with Crippen LogP contribution in [0.2, 0.25) is 0 Å². The highest BCUT2D eigenvalue weighted by molar-refractivity contribution is 5.42. The molecule has 0 bridgehead atoms. The molecule has 3 heteroatoms. The van der Waals surface area contributed by atoms with Crippen LogP contribution >= 0.6 is 0 Å². The standard InChI is InChI=1S/C16H23N3/c1-2-11-19-15(17)14(12-7-3-4-8-12)18-16(19)13-9-5-6-10-13/h1,12-13H,3-11,17H2. The fourth-order valence-corrected chi connectivity index (χ4v) is 3.76. The molecule has 19 heavy (non-hydrogen) atoms. The highest BCUT2D eigenvalue weighted by atomic mass is 15.1. The number of nitrogens with zero attached hydrogens (tertiary/aromatic N) is 2. The summed E-state index contributed by atoms with van der Waals surface area (Å²) < 4.78 is 2.10. The third-order valence-corrected chi connectivity index (χ3v) is 4.78. The molecule has 0 radical (unpaired) electrons. The highest BCUT2D eigenvalue weighted by Gasteiger charge is 2.29. The molecule has 0 atom stereocenters. The number of hydrogen-bond acceptors (Lipinski definition) is 2. The second kappa shape index (κ2) is 5.28. The van der Waals surface area contributed by atoms with Crippen molar-refractivity contribution in [1.82, 2.24) is 9.55 Å². The van der Waals surface area contributed by atoms with E-state index in [0.717, 1.165) is 17.3 Å². The van der Waals surface area contributed by atoms with Crippen LogP contribution in [-0.4, -0.2) is 9.55 Å². The second-order valence-electron chi connectivity index (χ2n) is 5.99. The van der Waals surface area contributed by atoms with Crippen LogP contribution in [0.1, 0.15) is 74.7 Å². The largest absolute Gasteiger partial charge is 0.384 e. The van der Waals surface area contributed by atoms with E-state index in [-0.39, 0.29) is 0 Å². The molecule has 2 N–H and O–H groups in total. The van der Waals surface area contributed by atoms with Gasteiger partial charge in [-0.15, -0.1) is 6.42 Å². The maximum Gasteiger partial charge on any atom is 0.127 e. The highest BCUT2D eigenvalue weighted by Crippen LogP contribution is 2.40. The van der Waals surface area contributed by atoms with E-state index in [1.807, 2.05) is 0 Å². The van der Waals surface area contributed by atoms with Gasteiger partial charge in [0.25, 0.3) is 0 Å². The summed E-state index contributed by atoms with van der Waals surface area (Å²) in [6.07, 6.45) is 15.7. The lowest BCUT2D eigenvalue weighted by Gasteiger charge is -2.11. The summed E-state index contributed by atoms with van der Waals surface area (Å²) >= 11 is 0. The number of nitrogen functional groups attached to an aromatic ring is 1. The number of rotatable bonds is 3. The molecule has 0 saturated heterocycles. The molecule has 102 valence electrons. The number of nitrogens with two attached hydrogens (primary N) is 1. The Morgan fingerprint density at radius 1 is 1.11 bits per heavy atom. The monoisotopic (exact) mass is 257 g/mol. The zero-order chi connectivity index (χ0) is 13.2. The fraction of sp³-hybridized carbons (Fsp3) is 0.688. The molecule has 2 aliphatic rings. The van der Waals surface area contributed by atoms with Crippen molar-refractivity contribution in [2.45, 2.75) is 69.7 Å². The van der Waals surface area contributed by atoms with Gasteiger partial charge in [-0.2, -0.15) is 0 Å². The average Bonchev–Trinajstić information content (AvgIpc) is 3.11. The quantitative estimate of drug-likeness (QED) is 0.843. The zero-order valence-electron chi connectivity index (χ0n) is 11.6. The molecule has 2 saturated carbocycles. The summed E-state index contributed by atoms with van der Waals surface area (Å²) in [4.78, 5) is 4.93. The van der Waals surface area contributed by atoms with Gasteiger partial charge in [0.05, 0.1) is 12.2 Å². The summed E-state index contributed by atoms with van der Waals surface area (Å²) in [6.45, 7) is 0.567. The summed E-state index contributed by atoms with van der Waals surface area (Å²) in [5.74, 6) is 5.88. The zero-order valence-corrected chi connectivity index (χ0v) is 11.6. The van der Waals surface area contributed by atoms with Crippen LogP contribution in [0.5, 0.6) is 0 Å². The van der Waals surface area contributed by atoms with E-state index in [0.29, 0.717) is 18.4 Å². The lowest BCUT2D eigenvalue weighted by molar-refractivity contribution is 0.618.